The number of hydrogen-bond donors (Lipinski definition) is 0. The summed E-state index contributed by atoms with van der Waals surface area (Å²) < 4.78 is 27.4. The van der Waals surface area contributed by atoms with Crippen LogP contribution < -0.4 is 0 Å². The Bertz CT molecular complexity index is 801. The van der Waals surface area contributed by atoms with Crippen LogP contribution in [-0.4, -0.2) is 48.7 Å². The van der Waals surface area contributed by atoms with Gasteiger partial charge in [-0.2, -0.15) is 4.31 Å². The summed E-state index contributed by atoms with van der Waals surface area (Å²) in [6, 6.07) is 7.39. The molecule has 1 aliphatic heterocycles. The van der Waals surface area contributed by atoms with E-state index >= 15 is 0 Å². The fraction of sp³-hybridized carbons (Fsp3) is 0.609. The lowest BCUT2D eigenvalue weighted by molar-refractivity contribution is -0.130. The number of hydrogen-bond acceptors (Lipinski definition) is 3. The minimum absolute atomic E-state index is 0.0353. The van der Waals surface area contributed by atoms with Crippen molar-refractivity contribution in [3.8, 4) is 0 Å². The van der Waals surface area contributed by atoms with E-state index in [0.29, 0.717) is 24.0 Å². The highest BCUT2D eigenvalue weighted by Crippen LogP contribution is 2.26. The molecule has 1 saturated heterocycles. The Morgan fingerprint density at radius 2 is 1.59 bits per heavy atom. The summed E-state index contributed by atoms with van der Waals surface area (Å²) in [7, 11) is -3.44. The number of carbonyl (C=O) groups is 1. The van der Waals surface area contributed by atoms with E-state index in [4.69, 9.17) is 0 Å². The van der Waals surface area contributed by atoms with Crippen LogP contribution in [0.5, 0.6) is 0 Å². The van der Waals surface area contributed by atoms with Gasteiger partial charge in [0.2, 0.25) is 15.9 Å². The molecule has 0 radical (unpaired) electrons. The van der Waals surface area contributed by atoms with Crippen LogP contribution in [0.4, 0.5) is 0 Å². The Hall–Kier alpha value is -1.66. The molecule has 2 fully saturated rings. The third-order valence-electron chi connectivity index (χ3n) is 6.03. The van der Waals surface area contributed by atoms with E-state index in [1.807, 2.05) is 4.90 Å². The largest absolute Gasteiger partial charge is 0.334 e. The molecule has 1 aromatic carbocycles. The maximum atomic E-state index is 12.9. The van der Waals surface area contributed by atoms with Gasteiger partial charge in [-0.25, -0.2) is 8.42 Å². The molecule has 3 rings (SSSR count). The lowest BCUT2D eigenvalue weighted by atomic mass is 10.1. The van der Waals surface area contributed by atoms with Gasteiger partial charge in [0.05, 0.1) is 4.90 Å². The fourth-order valence-electron chi connectivity index (χ4n) is 4.47. The van der Waals surface area contributed by atoms with E-state index in [1.54, 1.807) is 40.7 Å². The SMILES string of the molecule is CC(C)N(C(=O)/C=C/c1ccc(S(=O)(=O)N2CCCCCC2)cc1)C1CCCC1. The molecule has 0 spiro atoms. The van der Waals surface area contributed by atoms with Crippen LogP contribution in [0.3, 0.4) is 0 Å². The van der Waals surface area contributed by atoms with E-state index < -0.39 is 10.0 Å². The number of nitrogens with zero attached hydrogens (tertiary/aromatic N) is 2. The average molecular weight is 419 g/mol. The van der Waals surface area contributed by atoms with Gasteiger partial charge in [-0.15, -0.1) is 0 Å². The zero-order valence-corrected chi connectivity index (χ0v) is 18.5. The summed E-state index contributed by atoms with van der Waals surface area (Å²) in [5.74, 6) is 0.0353. The van der Waals surface area contributed by atoms with Crippen LogP contribution in [0.25, 0.3) is 6.08 Å². The Kier molecular flexibility index (Phi) is 7.52. The number of sulfonamides is 1. The molecule has 1 amide bonds. The molecule has 29 heavy (non-hydrogen) atoms. The highest BCUT2D eigenvalue weighted by Gasteiger charge is 2.27. The number of benzene rings is 1. The summed E-state index contributed by atoms with van der Waals surface area (Å²) in [6.07, 6.45) is 12.0. The van der Waals surface area contributed by atoms with Gasteiger partial charge in [-0.1, -0.05) is 37.8 Å². The Morgan fingerprint density at radius 3 is 2.14 bits per heavy atom. The lowest BCUT2D eigenvalue weighted by Gasteiger charge is -2.31. The first-order valence-corrected chi connectivity index (χ1v) is 12.4. The van der Waals surface area contributed by atoms with E-state index in [1.165, 1.54) is 12.8 Å². The van der Waals surface area contributed by atoms with E-state index in [9.17, 15) is 13.2 Å². The lowest BCUT2D eigenvalue weighted by Crippen LogP contribution is -2.42. The first-order chi connectivity index (χ1) is 13.9. The van der Waals surface area contributed by atoms with Crippen molar-refractivity contribution >= 4 is 22.0 Å². The zero-order chi connectivity index (χ0) is 20.9. The molecule has 1 aliphatic carbocycles. The molecule has 0 aromatic heterocycles. The molecule has 1 saturated carbocycles. The minimum atomic E-state index is -3.44. The maximum Gasteiger partial charge on any atom is 0.247 e. The van der Waals surface area contributed by atoms with Gasteiger partial charge in [0.1, 0.15) is 0 Å². The zero-order valence-electron chi connectivity index (χ0n) is 17.7. The number of carbonyl (C=O) groups excluding carboxylic acids is 1. The van der Waals surface area contributed by atoms with Gasteiger partial charge < -0.3 is 4.90 Å². The molecule has 2 aliphatic rings. The van der Waals surface area contributed by atoms with Gasteiger partial charge in [-0.05, 0) is 63.3 Å². The monoisotopic (exact) mass is 418 g/mol. The van der Waals surface area contributed by atoms with Crippen LogP contribution in [0.2, 0.25) is 0 Å². The number of amides is 1. The summed E-state index contributed by atoms with van der Waals surface area (Å²) >= 11 is 0. The van der Waals surface area contributed by atoms with Crippen molar-refractivity contribution in [1.29, 1.82) is 0 Å². The second-order valence-electron chi connectivity index (χ2n) is 8.50. The van der Waals surface area contributed by atoms with E-state index in [-0.39, 0.29) is 11.9 Å². The van der Waals surface area contributed by atoms with Gasteiger partial charge in [0.15, 0.2) is 0 Å². The van der Waals surface area contributed by atoms with Crippen LogP contribution in [0.15, 0.2) is 35.2 Å². The van der Waals surface area contributed by atoms with Gasteiger partial charge >= 0.3 is 0 Å². The predicted molar refractivity (Wildman–Crippen MR) is 117 cm³/mol. The summed E-state index contributed by atoms with van der Waals surface area (Å²) in [6.45, 7) is 5.33. The molecule has 6 heteroatoms. The topological polar surface area (TPSA) is 57.7 Å². The van der Waals surface area contributed by atoms with Crippen molar-refractivity contribution in [2.45, 2.75) is 82.2 Å². The molecular formula is C23H34N2O3S. The first-order valence-electron chi connectivity index (χ1n) is 11.0. The highest BCUT2D eigenvalue weighted by atomic mass is 32.2. The van der Waals surface area contributed by atoms with Gasteiger partial charge in [-0.3, -0.25) is 4.79 Å². The molecule has 160 valence electrons. The summed E-state index contributed by atoms with van der Waals surface area (Å²) in [5, 5.41) is 0. The second-order valence-corrected chi connectivity index (χ2v) is 10.4. The number of rotatable bonds is 6. The van der Waals surface area contributed by atoms with Gasteiger partial charge in [0.25, 0.3) is 0 Å². The smallest absolute Gasteiger partial charge is 0.247 e. The van der Waals surface area contributed by atoms with Crippen LogP contribution >= 0.6 is 0 Å². The quantitative estimate of drug-likeness (QED) is 0.642. The second kappa shape index (κ2) is 9.90. The predicted octanol–water partition coefficient (Wildman–Crippen LogP) is 4.44. The van der Waals surface area contributed by atoms with Crippen LogP contribution in [0, 0.1) is 0 Å². The standard InChI is InChI=1S/C23H34N2O3S/c1-19(2)25(21-9-5-6-10-21)23(26)16-13-20-11-14-22(15-12-20)29(27,28)24-17-7-3-4-8-18-24/h11-16,19,21H,3-10,17-18H2,1-2H3/b16-13+. The van der Waals surface area contributed by atoms with Crippen molar-refractivity contribution in [2.24, 2.45) is 0 Å². The summed E-state index contributed by atoms with van der Waals surface area (Å²) in [4.78, 5) is 15.1. The first kappa shape index (κ1) is 22.0. The molecule has 0 bridgehead atoms. The van der Waals surface area contributed by atoms with Crippen LogP contribution in [-0.2, 0) is 14.8 Å². The molecule has 1 aromatic rings. The highest BCUT2D eigenvalue weighted by molar-refractivity contribution is 7.89. The fourth-order valence-corrected chi connectivity index (χ4v) is 5.99. The normalized spacial score (nSPS) is 19.7. The minimum Gasteiger partial charge on any atom is -0.334 e. The molecule has 0 atom stereocenters. The third-order valence-corrected chi connectivity index (χ3v) is 7.94. The molecule has 5 nitrogen and oxygen atoms in total. The average Bonchev–Trinajstić information content (AvgIpc) is 3.06. The Labute approximate surface area is 175 Å². The van der Waals surface area contributed by atoms with Crippen LogP contribution in [0.1, 0.15) is 70.8 Å². The Balaban J connectivity index is 1.68. The summed E-state index contributed by atoms with van der Waals surface area (Å²) in [5.41, 5.74) is 0.836. The molecular weight excluding hydrogens is 384 g/mol. The van der Waals surface area contributed by atoms with Crippen molar-refractivity contribution in [3.05, 3.63) is 35.9 Å². The molecule has 0 unspecified atom stereocenters. The van der Waals surface area contributed by atoms with Crippen molar-refractivity contribution in [1.82, 2.24) is 9.21 Å². The van der Waals surface area contributed by atoms with Crippen molar-refractivity contribution < 1.29 is 13.2 Å². The third kappa shape index (κ3) is 5.48. The maximum absolute atomic E-state index is 12.9. The van der Waals surface area contributed by atoms with E-state index in [0.717, 1.165) is 44.1 Å². The Morgan fingerprint density at radius 1 is 1.00 bits per heavy atom. The van der Waals surface area contributed by atoms with Crippen molar-refractivity contribution in [2.75, 3.05) is 13.1 Å². The molecule has 0 N–H and O–H groups in total. The van der Waals surface area contributed by atoms with Crippen molar-refractivity contribution in [3.63, 3.8) is 0 Å². The van der Waals surface area contributed by atoms with Gasteiger partial charge in [0, 0.05) is 31.2 Å². The van der Waals surface area contributed by atoms with E-state index in [2.05, 4.69) is 13.8 Å². The molecule has 1 heterocycles.